The van der Waals surface area contributed by atoms with Gasteiger partial charge in [-0.15, -0.1) is 0 Å². The number of rotatable bonds is 5. The molecule has 0 N–H and O–H groups in total. The maximum Gasteiger partial charge on any atom is 0.0159 e. The van der Waals surface area contributed by atoms with Crippen LogP contribution in [-0.4, -0.2) is 54.4 Å². The fourth-order valence-electron chi connectivity index (χ4n) is 2.12. The average Bonchev–Trinajstić information content (AvgIpc) is 2.45. The summed E-state index contributed by atoms with van der Waals surface area (Å²) in [6.45, 7) is 12.2. The van der Waals surface area contributed by atoms with Crippen LogP contribution >= 0.6 is 15.9 Å². The van der Waals surface area contributed by atoms with Gasteiger partial charge in [0.1, 0.15) is 0 Å². The second-order valence-corrected chi connectivity index (χ2v) is 5.49. The Kier molecular flexibility index (Phi) is 6.86. The van der Waals surface area contributed by atoms with Crippen molar-refractivity contribution in [2.75, 3.05) is 44.6 Å². The highest BCUT2D eigenvalue weighted by atomic mass is 79.9. The molecule has 3 heteroatoms. The highest BCUT2D eigenvalue weighted by molar-refractivity contribution is 9.09. The molecule has 0 saturated carbocycles. The second-order valence-electron chi connectivity index (χ2n) is 4.70. The lowest BCUT2D eigenvalue weighted by molar-refractivity contribution is 0.234. The molecular formula is C12H25BrN2. The Labute approximate surface area is 103 Å². The van der Waals surface area contributed by atoms with Crippen molar-refractivity contribution in [1.82, 2.24) is 9.80 Å². The van der Waals surface area contributed by atoms with Crippen LogP contribution in [0.2, 0.25) is 0 Å². The lowest BCUT2D eigenvalue weighted by atomic mass is 10.1. The third-order valence-corrected chi connectivity index (χ3v) is 3.70. The standard InChI is InChI=1S/C12H25BrN2/c1-3-12(2)11-15-7-4-6-14(8-5-13)9-10-15/h12H,3-11H2,1-2H3. The number of nitrogens with zero attached hydrogens (tertiary/aromatic N) is 2. The van der Waals surface area contributed by atoms with Crippen molar-refractivity contribution >= 4 is 15.9 Å². The van der Waals surface area contributed by atoms with Crippen molar-refractivity contribution in [3.8, 4) is 0 Å². The zero-order valence-electron chi connectivity index (χ0n) is 10.2. The minimum absolute atomic E-state index is 0.854. The van der Waals surface area contributed by atoms with Gasteiger partial charge in [0, 0.05) is 31.5 Å². The fourth-order valence-corrected chi connectivity index (χ4v) is 2.62. The molecule has 1 fully saturated rings. The summed E-state index contributed by atoms with van der Waals surface area (Å²) in [7, 11) is 0. The molecule has 1 aliphatic rings. The highest BCUT2D eigenvalue weighted by Crippen LogP contribution is 2.08. The lowest BCUT2D eigenvalue weighted by Crippen LogP contribution is -2.33. The maximum atomic E-state index is 3.52. The van der Waals surface area contributed by atoms with Crippen LogP contribution in [0, 0.1) is 5.92 Å². The van der Waals surface area contributed by atoms with Gasteiger partial charge in [0.2, 0.25) is 0 Å². The predicted molar refractivity (Wildman–Crippen MR) is 70.7 cm³/mol. The van der Waals surface area contributed by atoms with Gasteiger partial charge in [-0.3, -0.25) is 0 Å². The van der Waals surface area contributed by atoms with Gasteiger partial charge in [-0.1, -0.05) is 36.2 Å². The molecule has 0 radical (unpaired) electrons. The third kappa shape index (κ3) is 5.32. The molecule has 90 valence electrons. The van der Waals surface area contributed by atoms with Crippen LogP contribution in [0.15, 0.2) is 0 Å². The summed E-state index contributed by atoms with van der Waals surface area (Å²) in [5.41, 5.74) is 0. The van der Waals surface area contributed by atoms with E-state index >= 15 is 0 Å². The van der Waals surface area contributed by atoms with E-state index in [1.165, 1.54) is 52.1 Å². The minimum Gasteiger partial charge on any atom is -0.302 e. The van der Waals surface area contributed by atoms with Crippen molar-refractivity contribution in [2.45, 2.75) is 26.7 Å². The van der Waals surface area contributed by atoms with E-state index in [1.54, 1.807) is 0 Å². The molecule has 15 heavy (non-hydrogen) atoms. The molecule has 1 unspecified atom stereocenters. The molecule has 1 atom stereocenters. The Bertz CT molecular complexity index is 164. The average molecular weight is 277 g/mol. The summed E-state index contributed by atoms with van der Waals surface area (Å²) >= 11 is 3.52. The van der Waals surface area contributed by atoms with Gasteiger partial charge in [-0.05, 0) is 25.4 Å². The lowest BCUT2D eigenvalue weighted by Gasteiger charge is -2.23. The normalized spacial score (nSPS) is 22.6. The monoisotopic (exact) mass is 276 g/mol. The first-order valence-electron chi connectivity index (χ1n) is 6.27. The first-order valence-corrected chi connectivity index (χ1v) is 7.39. The molecule has 0 aliphatic carbocycles. The first-order chi connectivity index (χ1) is 7.26. The molecule has 0 aromatic rings. The summed E-state index contributed by atoms with van der Waals surface area (Å²) in [6.07, 6.45) is 2.64. The van der Waals surface area contributed by atoms with E-state index in [0.29, 0.717) is 0 Å². The van der Waals surface area contributed by atoms with Crippen LogP contribution in [-0.2, 0) is 0 Å². The second kappa shape index (κ2) is 7.64. The van der Waals surface area contributed by atoms with E-state index in [0.717, 1.165) is 11.2 Å². The van der Waals surface area contributed by atoms with Crippen molar-refractivity contribution < 1.29 is 0 Å². The molecule has 0 spiro atoms. The summed E-state index contributed by atoms with van der Waals surface area (Å²) in [5.74, 6) is 0.854. The molecule has 0 amide bonds. The van der Waals surface area contributed by atoms with Crippen LogP contribution in [0.25, 0.3) is 0 Å². The summed E-state index contributed by atoms with van der Waals surface area (Å²) in [4.78, 5) is 5.22. The van der Waals surface area contributed by atoms with E-state index in [4.69, 9.17) is 0 Å². The van der Waals surface area contributed by atoms with Gasteiger partial charge >= 0.3 is 0 Å². The van der Waals surface area contributed by atoms with Crippen LogP contribution in [0.1, 0.15) is 26.7 Å². The number of halogens is 1. The summed E-state index contributed by atoms with van der Waals surface area (Å²) < 4.78 is 0. The van der Waals surface area contributed by atoms with Crippen LogP contribution in [0.4, 0.5) is 0 Å². The Morgan fingerprint density at radius 1 is 1.13 bits per heavy atom. The quantitative estimate of drug-likeness (QED) is 0.712. The molecule has 1 rings (SSSR count). The van der Waals surface area contributed by atoms with Crippen LogP contribution in [0.3, 0.4) is 0 Å². The van der Waals surface area contributed by atoms with Gasteiger partial charge in [-0.2, -0.15) is 0 Å². The van der Waals surface area contributed by atoms with Gasteiger partial charge in [0.05, 0.1) is 0 Å². The van der Waals surface area contributed by atoms with Gasteiger partial charge in [0.25, 0.3) is 0 Å². The fraction of sp³-hybridized carbons (Fsp3) is 1.00. The first kappa shape index (κ1) is 13.5. The predicted octanol–water partition coefficient (Wildman–Crippen LogP) is 2.44. The molecule has 1 aliphatic heterocycles. The molecule has 1 saturated heterocycles. The maximum absolute atomic E-state index is 3.52. The van der Waals surface area contributed by atoms with E-state index in [9.17, 15) is 0 Å². The summed E-state index contributed by atoms with van der Waals surface area (Å²) in [6, 6.07) is 0. The molecule has 1 heterocycles. The van der Waals surface area contributed by atoms with Gasteiger partial charge in [0.15, 0.2) is 0 Å². The van der Waals surface area contributed by atoms with E-state index in [1.807, 2.05) is 0 Å². The number of alkyl halides is 1. The van der Waals surface area contributed by atoms with Crippen LogP contribution < -0.4 is 0 Å². The van der Waals surface area contributed by atoms with Crippen molar-refractivity contribution in [1.29, 1.82) is 0 Å². The Balaban J connectivity index is 2.26. The van der Waals surface area contributed by atoms with Crippen molar-refractivity contribution in [3.05, 3.63) is 0 Å². The Morgan fingerprint density at radius 2 is 1.80 bits per heavy atom. The van der Waals surface area contributed by atoms with Crippen LogP contribution in [0.5, 0.6) is 0 Å². The van der Waals surface area contributed by atoms with Crippen molar-refractivity contribution in [2.24, 2.45) is 5.92 Å². The molecule has 2 nitrogen and oxygen atoms in total. The molecular weight excluding hydrogens is 252 g/mol. The number of hydrogen-bond donors (Lipinski definition) is 0. The Hall–Kier alpha value is 0.400. The number of hydrogen-bond acceptors (Lipinski definition) is 2. The SMILES string of the molecule is CCC(C)CN1CCCN(CCBr)CC1. The topological polar surface area (TPSA) is 6.48 Å². The largest absolute Gasteiger partial charge is 0.302 e. The third-order valence-electron chi connectivity index (χ3n) is 3.35. The smallest absolute Gasteiger partial charge is 0.0159 e. The van der Waals surface area contributed by atoms with E-state index in [-0.39, 0.29) is 0 Å². The van der Waals surface area contributed by atoms with E-state index in [2.05, 4.69) is 39.6 Å². The molecule has 0 aromatic carbocycles. The van der Waals surface area contributed by atoms with Crippen molar-refractivity contribution in [3.63, 3.8) is 0 Å². The molecule has 0 bridgehead atoms. The van der Waals surface area contributed by atoms with Gasteiger partial charge < -0.3 is 9.80 Å². The zero-order chi connectivity index (χ0) is 11.1. The van der Waals surface area contributed by atoms with Gasteiger partial charge in [-0.25, -0.2) is 0 Å². The molecule has 0 aromatic heterocycles. The summed E-state index contributed by atoms with van der Waals surface area (Å²) in [5, 5.41) is 1.11. The zero-order valence-corrected chi connectivity index (χ0v) is 11.8. The highest BCUT2D eigenvalue weighted by Gasteiger charge is 2.15. The Morgan fingerprint density at radius 3 is 2.47 bits per heavy atom. The minimum atomic E-state index is 0.854. The van der Waals surface area contributed by atoms with E-state index < -0.39 is 0 Å².